The Morgan fingerprint density at radius 1 is 0.886 bits per heavy atom. The van der Waals surface area contributed by atoms with Gasteiger partial charge in [0.15, 0.2) is 0 Å². The number of amides is 2. The van der Waals surface area contributed by atoms with E-state index in [-0.39, 0.29) is 40.9 Å². The quantitative estimate of drug-likeness (QED) is 0.233. The maximum absolute atomic E-state index is 12.8. The molecule has 174 valence electrons. The second kappa shape index (κ2) is 8.90. The predicted molar refractivity (Wildman–Crippen MR) is 126 cm³/mol. The Morgan fingerprint density at radius 2 is 1.54 bits per heavy atom. The van der Waals surface area contributed by atoms with Gasteiger partial charge in [0.25, 0.3) is 11.8 Å². The molecule has 4 aromatic rings. The highest BCUT2D eigenvalue weighted by molar-refractivity contribution is 6.21. The zero-order valence-electron chi connectivity index (χ0n) is 18.6. The molecule has 1 aliphatic rings. The fourth-order valence-electron chi connectivity index (χ4n) is 3.79. The molecule has 1 aliphatic heterocycles. The Bertz CT molecular complexity index is 1500. The SMILES string of the molecule is Cc1ccc(Oc2coc3cc(OC(=O)CCN4C(=O)c5ccccc5C4=O)ccc3c2=O)cc1. The molecule has 0 saturated heterocycles. The number of nitrogens with zero attached hydrogens (tertiary/aromatic N) is 1. The lowest BCUT2D eigenvalue weighted by Crippen LogP contribution is -2.32. The third kappa shape index (κ3) is 4.29. The van der Waals surface area contributed by atoms with E-state index in [1.807, 2.05) is 19.1 Å². The maximum atomic E-state index is 12.8. The van der Waals surface area contributed by atoms with Gasteiger partial charge < -0.3 is 13.9 Å². The highest BCUT2D eigenvalue weighted by Gasteiger charge is 2.35. The minimum absolute atomic E-state index is 0.0343. The first-order valence-corrected chi connectivity index (χ1v) is 10.9. The summed E-state index contributed by atoms with van der Waals surface area (Å²) >= 11 is 0. The molecule has 0 bridgehead atoms. The Morgan fingerprint density at radius 3 is 2.23 bits per heavy atom. The fourth-order valence-corrected chi connectivity index (χ4v) is 3.79. The van der Waals surface area contributed by atoms with E-state index in [4.69, 9.17) is 13.9 Å². The first-order valence-electron chi connectivity index (χ1n) is 10.9. The molecule has 2 heterocycles. The second-order valence-electron chi connectivity index (χ2n) is 8.03. The van der Waals surface area contributed by atoms with Crippen LogP contribution in [-0.2, 0) is 4.79 Å². The predicted octanol–water partition coefficient (Wildman–Crippen LogP) is 4.49. The first-order chi connectivity index (χ1) is 16.9. The summed E-state index contributed by atoms with van der Waals surface area (Å²) in [6.07, 6.45) is 1.02. The number of carbonyl (C=O) groups is 3. The van der Waals surface area contributed by atoms with Crippen molar-refractivity contribution < 1.29 is 28.3 Å². The number of rotatable bonds is 6. The van der Waals surface area contributed by atoms with Gasteiger partial charge in [-0.15, -0.1) is 0 Å². The molecule has 1 aromatic heterocycles. The highest BCUT2D eigenvalue weighted by Crippen LogP contribution is 2.25. The van der Waals surface area contributed by atoms with Gasteiger partial charge in [-0.3, -0.25) is 24.1 Å². The summed E-state index contributed by atoms with van der Waals surface area (Å²) in [5, 5.41) is 0.264. The van der Waals surface area contributed by atoms with Gasteiger partial charge in [0.2, 0.25) is 11.2 Å². The number of ether oxygens (including phenoxy) is 2. The summed E-state index contributed by atoms with van der Waals surface area (Å²) in [7, 11) is 0. The fraction of sp³-hybridized carbons (Fsp3) is 0.111. The number of hydrogen-bond acceptors (Lipinski definition) is 7. The molecule has 0 radical (unpaired) electrons. The summed E-state index contributed by atoms with van der Waals surface area (Å²) in [4.78, 5) is 51.0. The van der Waals surface area contributed by atoms with E-state index in [9.17, 15) is 19.2 Å². The van der Waals surface area contributed by atoms with Crippen LogP contribution >= 0.6 is 0 Å². The van der Waals surface area contributed by atoms with E-state index in [2.05, 4.69) is 0 Å². The molecule has 8 heteroatoms. The van der Waals surface area contributed by atoms with E-state index in [0.29, 0.717) is 16.9 Å². The number of benzene rings is 3. The van der Waals surface area contributed by atoms with Crippen LogP contribution in [-0.4, -0.2) is 29.2 Å². The van der Waals surface area contributed by atoms with Crippen molar-refractivity contribution in [2.24, 2.45) is 0 Å². The molecule has 0 atom stereocenters. The highest BCUT2D eigenvalue weighted by atomic mass is 16.5. The van der Waals surface area contributed by atoms with Crippen molar-refractivity contribution in [2.75, 3.05) is 6.54 Å². The number of imide groups is 1. The van der Waals surface area contributed by atoms with Crippen LogP contribution < -0.4 is 14.9 Å². The van der Waals surface area contributed by atoms with Crippen LogP contribution in [0.3, 0.4) is 0 Å². The smallest absolute Gasteiger partial charge is 0.313 e. The van der Waals surface area contributed by atoms with Gasteiger partial charge in [-0.2, -0.15) is 0 Å². The van der Waals surface area contributed by atoms with E-state index < -0.39 is 17.8 Å². The van der Waals surface area contributed by atoms with Crippen LogP contribution in [0.25, 0.3) is 11.0 Å². The van der Waals surface area contributed by atoms with Crippen LogP contribution in [0.2, 0.25) is 0 Å². The molecule has 0 fully saturated rings. The van der Waals surface area contributed by atoms with Crippen molar-refractivity contribution in [3.63, 3.8) is 0 Å². The second-order valence-corrected chi connectivity index (χ2v) is 8.03. The molecule has 5 rings (SSSR count). The molecule has 8 nitrogen and oxygen atoms in total. The third-order valence-electron chi connectivity index (χ3n) is 5.61. The molecule has 0 saturated carbocycles. The van der Waals surface area contributed by atoms with Crippen molar-refractivity contribution in [1.82, 2.24) is 4.90 Å². The van der Waals surface area contributed by atoms with Gasteiger partial charge in [0.05, 0.1) is 22.9 Å². The lowest BCUT2D eigenvalue weighted by atomic mass is 10.1. The van der Waals surface area contributed by atoms with Crippen LogP contribution in [0, 0.1) is 6.92 Å². The minimum Gasteiger partial charge on any atom is -0.460 e. The third-order valence-corrected chi connectivity index (χ3v) is 5.61. The van der Waals surface area contributed by atoms with Crippen molar-refractivity contribution in [3.05, 3.63) is 99.9 Å². The average Bonchev–Trinajstić information content (AvgIpc) is 3.10. The van der Waals surface area contributed by atoms with Crippen LogP contribution in [0.4, 0.5) is 0 Å². The zero-order valence-corrected chi connectivity index (χ0v) is 18.6. The molecule has 0 spiro atoms. The van der Waals surface area contributed by atoms with Gasteiger partial charge in [0.1, 0.15) is 23.3 Å². The van der Waals surface area contributed by atoms with Gasteiger partial charge >= 0.3 is 5.97 Å². The Kier molecular flexibility index (Phi) is 5.62. The lowest BCUT2D eigenvalue weighted by Gasteiger charge is -2.13. The number of aryl methyl sites for hydroxylation is 1. The van der Waals surface area contributed by atoms with Gasteiger partial charge in [-0.05, 0) is 43.3 Å². The van der Waals surface area contributed by atoms with E-state index >= 15 is 0 Å². The Hall–Kier alpha value is -4.72. The molecule has 35 heavy (non-hydrogen) atoms. The molecule has 2 amide bonds. The van der Waals surface area contributed by atoms with Crippen molar-refractivity contribution >= 4 is 28.8 Å². The van der Waals surface area contributed by atoms with Crippen LogP contribution in [0.1, 0.15) is 32.7 Å². The Balaban J connectivity index is 1.25. The Labute approximate surface area is 199 Å². The van der Waals surface area contributed by atoms with Crippen molar-refractivity contribution in [3.8, 4) is 17.2 Å². The molecule has 0 aliphatic carbocycles. The van der Waals surface area contributed by atoms with Crippen LogP contribution in [0.15, 0.2) is 82.2 Å². The number of esters is 1. The van der Waals surface area contributed by atoms with E-state index in [1.165, 1.54) is 24.5 Å². The topological polar surface area (TPSA) is 103 Å². The largest absolute Gasteiger partial charge is 0.460 e. The van der Waals surface area contributed by atoms with Gasteiger partial charge in [-0.25, -0.2) is 0 Å². The molecule has 0 unspecified atom stereocenters. The molecule has 3 aromatic carbocycles. The number of fused-ring (bicyclic) bond motifs is 2. The van der Waals surface area contributed by atoms with Gasteiger partial charge in [0, 0.05) is 12.6 Å². The van der Waals surface area contributed by atoms with Crippen molar-refractivity contribution in [1.29, 1.82) is 0 Å². The van der Waals surface area contributed by atoms with E-state index in [0.717, 1.165) is 10.5 Å². The lowest BCUT2D eigenvalue weighted by molar-refractivity contribution is -0.134. The van der Waals surface area contributed by atoms with E-state index in [1.54, 1.807) is 36.4 Å². The summed E-state index contributed by atoms with van der Waals surface area (Å²) < 4.78 is 16.5. The maximum Gasteiger partial charge on any atom is 0.313 e. The monoisotopic (exact) mass is 469 g/mol. The minimum atomic E-state index is -0.637. The molecule has 0 N–H and O–H groups in total. The summed E-state index contributed by atoms with van der Waals surface area (Å²) in [6, 6.07) is 18.1. The normalized spacial score (nSPS) is 12.7. The average molecular weight is 469 g/mol. The standard InChI is InChI=1S/C27H19NO7/c1-16-6-8-17(9-7-16)34-23-15-33-22-14-18(10-11-21(22)25(23)30)35-24(29)12-13-28-26(31)19-4-2-3-5-20(19)27(28)32/h2-11,14-15H,12-13H2,1H3. The molecular weight excluding hydrogens is 450 g/mol. The molecular formula is C27H19NO7. The number of hydrogen-bond donors (Lipinski definition) is 0. The van der Waals surface area contributed by atoms with Crippen molar-refractivity contribution in [2.45, 2.75) is 13.3 Å². The summed E-state index contributed by atoms with van der Waals surface area (Å²) in [5.74, 6) is -0.801. The number of carbonyl (C=O) groups excluding carboxylic acids is 3. The first kappa shape index (κ1) is 22.1. The summed E-state index contributed by atoms with van der Waals surface area (Å²) in [5.41, 5.74) is 1.56. The van der Waals surface area contributed by atoms with Gasteiger partial charge in [-0.1, -0.05) is 29.8 Å². The van der Waals surface area contributed by atoms with Crippen LogP contribution in [0.5, 0.6) is 17.2 Å². The zero-order chi connectivity index (χ0) is 24.5. The summed E-state index contributed by atoms with van der Waals surface area (Å²) in [6.45, 7) is 1.84.